The lowest BCUT2D eigenvalue weighted by molar-refractivity contribution is -0.132. The molecule has 1 aromatic carbocycles. The molecule has 2 amide bonds. The molecule has 6 heteroatoms. The standard InChI is InChI=1S/C13H8BrN3O2/c14-8-3-1-7(2-4-8)11-9(5-15)12(18)17-13(19)10(11)6-16/h1-4,9,11,16H,(H,17,18,19). The van der Waals surface area contributed by atoms with Crippen LogP contribution in [0.4, 0.5) is 0 Å². The molecular weight excluding hydrogens is 310 g/mol. The van der Waals surface area contributed by atoms with Gasteiger partial charge in [0, 0.05) is 10.4 Å². The average molecular weight is 318 g/mol. The third-order valence-electron chi connectivity index (χ3n) is 2.91. The highest BCUT2D eigenvalue weighted by Crippen LogP contribution is 2.34. The molecule has 0 aliphatic carbocycles. The molecule has 1 aliphatic heterocycles. The number of nitriles is 1. The number of benzene rings is 1. The van der Waals surface area contributed by atoms with E-state index in [-0.39, 0.29) is 5.57 Å². The molecule has 94 valence electrons. The van der Waals surface area contributed by atoms with Crippen LogP contribution in [-0.2, 0) is 9.59 Å². The Labute approximate surface area is 117 Å². The van der Waals surface area contributed by atoms with Crippen LogP contribution in [0.2, 0.25) is 0 Å². The third-order valence-corrected chi connectivity index (χ3v) is 3.44. The van der Waals surface area contributed by atoms with E-state index in [4.69, 9.17) is 10.7 Å². The maximum atomic E-state index is 11.7. The lowest BCUT2D eigenvalue weighted by Gasteiger charge is -2.26. The molecule has 2 N–H and O–H groups in total. The zero-order chi connectivity index (χ0) is 14.0. The van der Waals surface area contributed by atoms with Gasteiger partial charge in [0.25, 0.3) is 5.91 Å². The van der Waals surface area contributed by atoms with Crippen LogP contribution in [0, 0.1) is 22.7 Å². The van der Waals surface area contributed by atoms with E-state index in [2.05, 4.69) is 21.2 Å². The molecule has 0 bridgehead atoms. The summed E-state index contributed by atoms with van der Waals surface area (Å²) in [5.41, 5.74) is 0.626. The molecule has 19 heavy (non-hydrogen) atoms. The summed E-state index contributed by atoms with van der Waals surface area (Å²) in [5, 5.41) is 18.4. The predicted molar refractivity (Wildman–Crippen MR) is 70.4 cm³/mol. The lowest BCUT2D eigenvalue weighted by atomic mass is 9.78. The molecule has 1 aliphatic rings. The third kappa shape index (κ3) is 2.34. The minimum absolute atomic E-state index is 0.00604. The number of carbonyl (C=O) groups excluding carboxylic acids is 2. The number of halogens is 1. The summed E-state index contributed by atoms with van der Waals surface area (Å²) in [5.74, 6) is -1.05. The van der Waals surface area contributed by atoms with E-state index < -0.39 is 23.7 Å². The Kier molecular flexibility index (Phi) is 3.61. The number of nitrogens with zero attached hydrogens (tertiary/aromatic N) is 1. The molecule has 0 radical (unpaired) electrons. The fourth-order valence-corrected chi connectivity index (χ4v) is 2.28. The quantitative estimate of drug-likeness (QED) is 0.467. The smallest absolute Gasteiger partial charge is 0.263 e. The number of imide groups is 1. The largest absolute Gasteiger partial charge is 0.291 e. The van der Waals surface area contributed by atoms with Crippen LogP contribution in [0.1, 0.15) is 11.5 Å². The molecule has 0 saturated carbocycles. The van der Waals surface area contributed by atoms with Gasteiger partial charge in [-0.1, -0.05) is 28.1 Å². The van der Waals surface area contributed by atoms with Crippen molar-refractivity contribution in [3.8, 4) is 6.07 Å². The zero-order valence-electron chi connectivity index (χ0n) is 9.61. The van der Waals surface area contributed by atoms with Crippen molar-refractivity contribution in [1.29, 1.82) is 10.7 Å². The van der Waals surface area contributed by atoms with Crippen LogP contribution >= 0.6 is 15.9 Å². The number of hydrogen-bond donors (Lipinski definition) is 2. The van der Waals surface area contributed by atoms with Crippen molar-refractivity contribution in [1.82, 2.24) is 5.32 Å². The van der Waals surface area contributed by atoms with E-state index in [0.717, 1.165) is 4.47 Å². The summed E-state index contributed by atoms with van der Waals surface area (Å²) < 4.78 is 0.844. The highest BCUT2D eigenvalue weighted by Gasteiger charge is 2.41. The van der Waals surface area contributed by atoms with Crippen molar-refractivity contribution in [2.24, 2.45) is 5.92 Å². The van der Waals surface area contributed by atoms with Gasteiger partial charge in [0.15, 0.2) is 0 Å². The number of nitrogens with one attached hydrogen (secondary N) is 2. The molecule has 0 spiro atoms. The van der Waals surface area contributed by atoms with Gasteiger partial charge >= 0.3 is 0 Å². The minimum atomic E-state index is -1.04. The number of carbonyl (C=O) groups is 2. The summed E-state index contributed by atoms with van der Waals surface area (Å²) in [6.45, 7) is 0. The number of rotatable bonds is 1. The second-order valence-corrected chi connectivity index (χ2v) is 4.91. The van der Waals surface area contributed by atoms with Gasteiger partial charge in [-0.15, -0.1) is 0 Å². The van der Waals surface area contributed by atoms with Crippen LogP contribution < -0.4 is 5.32 Å². The second-order valence-electron chi connectivity index (χ2n) is 3.99. The van der Waals surface area contributed by atoms with Gasteiger partial charge in [0.2, 0.25) is 5.91 Å². The maximum absolute atomic E-state index is 11.7. The summed E-state index contributed by atoms with van der Waals surface area (Å²) in [6.07, 6.45) is 0. The predicted octanol–water partition coefficient (Wildman–Crippen LogP) is 1.50. The first-order valence-corrected chi connectivity index (χ1v) is 6.17. The normalized spacial score (nSPS) is 22.4. The van der Waals surface area contributed by atoms with Crippen molar-refractivity contribution in [2.75, 3.05) is 0 Å². The van der Waals surface area contributed by atoms with E-state index >= 15 is 0 Å². The zero-order valence-corrected chi connectivity index (χ0v) is 11.2. The van der Waals surface area contributed by atoms with Crippen LogP contribution in [0.3, 0.4) is 0 Å². The first-order valence-electron chi connectivity index (χ1n) is 5.38. The van der Waals surface area contributed by atoms with E-state index in [9.17, 15) is 9.59 Å². The average Bonchev–Trinajstić information content (AvgIpc) is 2.39. The molecular formula is C13H8BrN3O2. The summed E-state index contributed by atoms with van der Waals surface area (Å²) in [6, 6.07) is 8.81. The van der Waals surface area contributed by atoms with Gasteiger partial charge < -0.3 is 0 Å². The van der Waals surface area contributed by atoms with Crippen molar-refractivity contribution in [2.45, 2.75) is 5.92 Å². The minimum Gasteiger partial charge on any atom is -0.291 e. The molecule has 1 heterocycles. The first kappa shape index (κ1) is 13.2. The number of hydrogen-bond acceptors (Lipinski definition) is 4. The monoisotopic (exact) mass is 317 g/mol. The van der Waals surface area contributed by atoms with E-state index in [0.29, 0.717) is 5.56 Å². The van der Waals surface area contributed by atoms with Crippen LogP contribution in [0.5, 0.6) is 0 Å². The van der Waals surface area contributed by atoms with Gasteiger partial charge in [0.05, 0.1) is 11.6 Å². The Morgan fingerprint density at radius 2 is 1.89 bits per heavy atom. The van der Waals surface area contributed by atoms with Gasteiger partial charge in [-0.25, -0.2) is 0 Å². The Morgan fingerprint density at radius 1 is 1.26 bits per heavy atom. The summed E-state index contributed by atoms with van der Waals surface area (Å²) in [7, 11) is 0. The first-order chi connectivity index (χ1) is 9.08. The van der Waals surface area contributed by atoms with Gasteiger partial charge in [-0.2, -0.15) is 5.26 Å². The Morgan fingerprint density at radius 3 is 2.42 bits per heavy atom. The molecule has 1 saturated heterocycles. The SMILES string of the molecule is N#CC1C(=O)NC(=O)C(=C=N)C1c1ccc(Br)cc1. The van der Waals surface area contributed by atoms with E-state index in [1.807, 2.05) is 11.9 Å². The number of piperidine rings is 1. The molecule has 5 nitrogen and oxygen atoms in total. The highest BCUT2D eigenvalue weighted by molar-refractivity contribution is 9.10. The number of amides is 2. The van der Waals surface area contributed by atoms with Crippen molar-refractivity contribution >= 4 is 33.6 Å². The van der Waals surface area contributed by atoms with Crippen molar-refractivity contribution in [3.05, 3.63) is 39.9 Å². The van der Waals surface area contributed by atoms with Gasteiger partial charge in [0.1, 0.15) is 5.92 Å². The van der Waals surface area contributed by atoms with Crippen LogP contribution in [-0.4, -0.2) is 17.7 Å². The Balaban J connectivity index is 2.56. The van der Waals surface area contributed by atoms with Gasteiger partial charge in [-0.3, -0.25) is 20.3 Å². The van der Waals surface area contributed by atoms with Crippen molar-refractivity contribution in [3.63, 3.8) is 0 Å². The Bertz CT molecular complexity index is 639. The Hall–Kier alpha value is -2.22. The highest BCUT2D eigenvalue weighted by atomic mass is 79.9. The van der Waals surface area contributed by atoms with Crippen molar-refractivity contribution < 1.29 is 9.59 Å². The fraction of sp³-hybridized carbons (Fsp3) is 0.154. The molecule has 1 aromatic rings. The summed E-state index contributed by atoms with van der Waals surface area (Å²) in [4.78, 5) is 23.4. The molecule has 2 unspecified atom stereocenters. The topological polar surface area (TPSA) is 93.8 Å². The van der Waals surface area contributed by atoms with Crippen LogP contribution in [0.25, 0.3) is 0 Å². The van der Waals surface area contributed by atoms with Gasteiger partial charge in [-0.05, 0) is 23.6 Å². The second kappa shape index (κ2) is 5.19. The van der Waals surface area contributed by atoms with Crippen LogP contribution in [0.15, 0.2) is 34.3 Å². The lowest BCUT2D eigenvalue weighted by Crippen LogP contribution is -2.46. The molecule has 1 fully saturated rings. The molecule has 0 aromatic heterocycles. The molecule has 2 atom stereocenters. The maximum Gasteiger partial charge on any atom is 0.263 e. The van der Waals surface area contributed by atoms with E-state index in [1.165, 1.54) is 0 Å². The fourth-order valence-electron chi connectivity index (χ4n) is 2.01. The summed E-state index contributed by atoms with van der Waals surface area (Å²) >= 11 is 3.29. The molecule has 2 rings (SSSR count). The van der Waals surface area contributed by atoms with E-state index in [1.54, 1.807) is 24.3 Å².